The zero-order valence-electron chi connectivity index (χ0n) is 12.7. The lowest BCUT2D eigenvalue weighted by Gasteiger charge is -2.45. The highest BCUT2D eigenvalue weighted by atomic mass is 16.4. The fourth-order valence-electron chi connectivity index (χ4n) is 3.20. The van der Waals surface area contributed by atoms with E-state index in [1.54, 1.807) is 11.8 Å². The topological polar surface area (TPSA) is 60.9 Å². The Balaban J connectivity index is 1.80. The van der Waals surface area contributed by atoms with Crippen LogP contribution in [0.5, 0.6) is 0 Å². The summed E-state index contributed by atoms with van der Waals surface area (Å²) in [5.74, 6) is -0.243. The molecule has 1 unspecified atom stereocenters. The van der Waals surface area contributed by atoms with E-state index in [-0.39, 0.29) is 17.9 Å². The summed E-state index contributed by atoms with van der Waals surface area (Å²) in [5.41, 5.74) is 0. The number of carbonyl (C=O) groups excluding carboxylic acids is 1. The van der Waals surface area contributed by atoms with Crippen LogP contribution in [0, 0.1) is 17.8 Å². The second kappa shape index (κ2) is 6.02. The second-order valence-corrected chi connectivity index (χ2v) is 6.60. The van der Waals surface area contributed by atoms with E-state index in [2.05, 4.69) is 6.92 Å². The molecule has 2 amide bonds. The molecule has 0 radical (unpaired) electrons. The van der Waals surface area contributed by atoms with E-state index >= 15 is 0 Å². The minimum Gasteiger partial charge on any atom is -0.481 e. The van der Waals surface area contributed by atoms with Crippen LogP contribution in [0.1, 0.15) is 39.5 Å². The third-order valence-corrected chi connectivity index (χ3v) is 5.11. The van der Waals surface area contributed by atoms with Crippen molar-refractivity contribution in [2.45, 2.75) is 45.6 Å². The summed E-state index contributed by atoms with van der Waals surface area (Å²) in [6, 6.07) is 0.424. The number of aliphatic carboxylic acids is 1. The van der Waals surface area contributed by atoms with Crippen molar-refractivity contribution in [2.75, 3.05) is 20.1 Å². The predicted molar refractivity (Wildman–Crippen MR) is 76.4 cm³/mol. The maximum Gasteiger partial charge on any atom is 0.320 e. The number of amides is 2. The molecule has 1 atom stereocenters. The number of urea groups is 1. The molecule has 2 rings (SSSR count). The van der Waals surface area contributed by atoms with Gasteiger partial charge in [0.05, 0.1) is 5.92 Å². The SMILES string of the molecule is CC1CCC(N(C)C(=O)N2CC(C(C)C(=O)O)C2)CC1. The molecule has 1 aliphatic carbocycles. The quantitative estimate of drug-likeness (QED) is 0.863. The van der Waals surface area contributed by atoms with Crippen molar-refractivity contribution in [1.29, 1.82) is 0 Å². The van der Waals surface area contributed by atoms with Crippen LogP contribution in [0.25, 0.3) is 0 Å². The van der Waals surface area contributed by atoms with Gasteiger partial charge in [-0.3, -0.25) is 4.79 Å². The molecule has 2 aliphatic rings. The van der Waals surface area contributed by atoms with Gasteiger partial charge in [0.25, 0.3) is 0 Å². The van der Waals surface area contributed by atoms with Crippen molar-refractivity contribution in [1.82, 2.24) is 9.80 Å². The Morgan fingerprint density at radius 1 is 1.20 bits per heavy atom. The van der Waals surface area contributed by atoms with Crippen molar-refractivity contribution >= 4 is 12.0 Å². The lowest BCUT2D eigenvalue weighted by atomic mass is 9.86. The van der Waals surface area contributed by atoms with Gasteiger partial charge in [0, 0.05) is 32.1 Å². The first-order valence-corrected chi connectivity index (χ1v) is 7.64. The molecule has 0 spiro atoms. The molecule has 0 bridgehead atoms. The van der Waals surface area contributed by atoms with E-state index in [0.29, 0.717) is 19.1 Å². The molecule has 1 N–H and O–H groups in total. The number of carboxylic acid groups (broad SMARTS) is 1. The molecule has 2 fully saturated rings. The Morgan fingerprint density at radius 3 is 2.25 bits per heavy atom. The summed E-state index contributed by atoms with van der Waals surface area (Å²) in [7, 11) is 1.89. The number of hydrogen-bond donors (Lipinski definition) is 1. The fourth-order valence-corrected chi connectivity index (χ4v) is 3.20. The molecule has 0 aromatic rings. The van der Waals surface area contributed by atoms with Crippen LogP contribution in [0.4, 0.5) is 4.79 Å². The summed E-state index contributed by atoms with van der Waals surface area (Å²) in [5, 5.41) is 8.97. The van der Waals surface area contributed by atoms with Gasteiger partial charge in [-0.2, -0.15) is 0 Å². The third-order valence-electron chi connectivity index (χ3n) is 5.11. The van der Waals surface area contributed by atoms with Crippen LogP contribution in [0.3, 0.4) is 0 Å². The number of likely N-dealkylation sites (tertiary alicyclic amines) is 1. The third kappa shape index (κ3) is 3.07. The van der Waals surface area contributed by atoms with Gasteiger partial charge >= 0.3 is 12.0 Å². The van der Waals surface area contributed by atoms with Gasteiger partial charge in [0.2, 0.25) is 0 Å². The highest BCUT2D eigenvalue weighted by molar-refractivity contribution is 5.76. The molecule has 0 aromatic heterocycles. The van der Waals surface area contributed by atoms with Crippen LogP contribution in [-0.4, -0.2) is 53.1 Å². The smallest absolute Gasteiger partial charge is 0.320 e. The number of carboxylic acids is 1. The zero-order valence-corrected chi connectivity index (χ0v) is 12.7. The van der Waals surface area contributed by atoms with Crippen LogP contribution < -0.4 is 0 Å². The zero-order chi connectivity index (χ0) is 14.9. The van der Waals surface area contributed by atoms with Crippen molar-refractivity contribution in [2.24, 2.45) is 17.8 Å². The molecule has 1 aliphatic heterocycles. The first-order chi connectivity index (χ1) is 9.40. The Labute approximate surface area is 120 Å². The van der Waals surface area contributed by atoms with Gasteiger partial charge in [-0.05, 0) is 31.6 Å². The van der Waals surface area contributed by atoms with E-state index in [1.165, 1.54) is 12.8 Å². The molecule has 5 nitrogen and oxygen atoms in total. The fraction of sp³-hybridized carbons (Fsp3) is 0.867. The van der Waals surface area contributed by atoms with Crippen molar-refractivity contribution in [3.05, 3.63) is 0 Å². The van der Waals surface area contributed by atoms with Crippen molar-refractivity contribution < 1.29 is 14.7 Å². The first kappa shape index (κ1) is 15.1. The summed E-state index contributed by atoms with van der Waals surface area (Å²) in [6.45, 7) is 5.16. The average molecular weight is 282 g/mol. The Kier molecular flexibility index (Phi) is 4.55. The van der Waals surface area contributed by atoms with Crippen LogP contribution in [0.2, 0.25) is 0 Å². The summed E-state index contributed by atoms with van der Waals surface area (Å²) >= 11 is 0. The summed E-state index contributed by atoms with van der Waals surface area (Å²) in [4.78, 5) is 26.9. The van der Waals surface area contributed by atoms with Gasteiger partial charge in [0.15, 0.2) is 0 Å². The molecular weight excluding hydrogens is 256 g/mol. The molecule has 1 saturated heterocycles. The normalized spacial score (nSPS) is 28.6. The van der Waals surface area contributed by atoms with Gasteiger partial charge in [-0.25, -0.2) is 4.79 Å². The Hall–Kier alpha value is -1.26. The largest absolute Gasteiger partial charge is 0.481 e. The van der Waals surface area contributed by atoms with E-state index in [4.69, 9.17) is 5.11 Å². The maximum absolute atomic E-state index is 12.3. The molecule has 0 aromatic carbocycles. The minimum absolute atomic E-state index is 0.0680. The predicted octanol–water partition coefficient (Wildman–Crippen LogP) is 2.27. The van der Waals surface area contributed by atoms with E-state index < -0.39 is 5.97 Å². The highest BCUT2D eigenvalue weighted by Crippen LogP contribution is 2.29. The molecular formula is C15H26N2O3. The van der Waals surface area contributed by atoms with Gasteiger partial charge in [-0.15, -0.1) is 0 Å². The Morgan fingerprint density at radius 2 is 1.75 bits per heavy atom. The van der Waals surface area contributed by atoms with Crippen molar-refractivity contribution in [3.8, 4) is 0 Å². The number of hydrogen-bond acceptors (Lipinski definition) is 2. The first-order valence-electron chi connectivity index (χ1n) is 7.64. The lowest BCUT2D eigenvalue weighted by Crippen LogP contribution is -2.58. The van der Waals surface area contributed by atoms with E-state index in [1.807, 2.05) is 11.9 Å². The molecule has 20 heavy (non-hydrogen) atoms. The molecule has 1 heterocycles. The van der Waals surface area contributed by atoms with E-state index in [0.717, 1.165) is 18.8 Å². The van der Waals surface area contributed by atoms with Gasteiger partial charge in [0.1, 0.15) is 0 Å². The number of rotatable bonds is 3. The average Bonchev–Trinajstić information content (AvgIpc) is 2.36. The van der Waals surface area contributed by atoms with Crippen molar-refractivity contribution in [3.63, 3.8) is 0 Å². The highest BCUT2D eigenvalue weighted by Gasteiger charge is 2.39. The van der Waals surface area contributed by atoms with Crippen LogP contribution >= 0.6 is 0 Å². The maximum atomic E-state index is 12.3. The van der Waals surface area contributed by atoms with Gasteiger partial charge < -0.3 is 14.9 Å². The van der Waals surface area contributed by atoms with E-state index in [9.17, 15) is 9.59 Å². The molecule has 114 valence electrons. The number of nitrogens with zero attached hydrogens (tertiary/aromatic N) is 2. The monoisotopic (exact) mass is 282 g/mol. The number of carbonyl (C=O) groups is 2. The lowest BCUT2D eigenvalue weighted by molar-refractivity contribution is -0.144. The second-order valence-electron chi connectivity index (χ2n) is 6.60. The minimum atomic E-state index is -0.767. The Bertz CT molecular complexity index is 371. The van der Waals surface area contributed by atoms with Gasteiger partial charge in [-0.1, -0.05) is 13.8 Å². The standard InChI is InChI=1S/C15H26N2O3/c1-10-4-6-13(7-5-10)16(3)15(20)17-8-12(9-17)11(2)14(18)19/h10-13H,4-9H2,1-3H3,(H,18,19). The summed E-state index contributed by atoms with van der Waals surface area (Å²) < 4.78 is 0. The van der Waals surface area contributed by atoms with Crippen LogP contribution in [-0.2, 0) is 4.79 Å². The molecule has 1 saturated carbocycles. The van der Waals surface area contributed by atoms with Crippen LogP contribution in [0.15, 0.2) is 0 Å². The summed E-state index contributed by atoms with van der Waals surface area (Å²) in [6.07, 6.45) is 4.57. The molecule has 5 heteroatoms.